The Morgan fingerprint density at radius 3 is 2.55 bits per heavy atom. The molecule has 0 saturated heterocycles. The van der Waals surface area contributed by atoms with Crippen molar-refractivity contribution in [3.63, 3.8) is 0 Å². The van der Waals surface area contributed by atoms with Crippen LogP contribution >= 0.6 is 0 Å². The number of ether oxygens (including phenoxy) is 1. The fraction of sp³-hybridized carbons (Fsp3) is 0.467. The zero-order valence-electron chi connectivity index (χ0n) is 12.4. The Kier molecular flexibility index (Phi) is 6.03. The Morgan fingerprint density at radius 1 is 1.30 bits per heavy atom. The highest BCUT2D eigenvalue weighted by molar-refractivity contribution is 5.97. The van der Waals surface area contributed by atoms with Gasteiger partial charge in [-0.25, -0.2) is 0 Å². The summed E-state index contributed by atoms with van der Waals surface area (Å²) in [6.07, 6.45) is 0.931. The van der Waals surface area contributed by atoms with Gasteiger partial charge in [0.1, 0.15) is 5.75 Å². The second kappa shape index (κ2) is 7.53. The van der Waals surface area contributed by atoms with Gasteiger partial charge in [-0.3, -0.25) is 9.59 Å². The van der Waals surface area contributed by atoms with Crippen LogP contribution in [0, 0.1) is 5.92 Å². The first-order valence-electron chi connectivity index (χ1n) is 6.68. The van der Waals surface area contributed by atoms with Crippen LogP contribution in [0.4, 0.5) is 5.69 Å². The lowest BCUT2D eigenvalue weighted by Crippen LogP contribution is -2.25. The van der Waals surface area contributed by atoms with E-state index in [4.69, 9.17) is 4.74 Å². The van der Waals surface area contributed by atoms with Crippen LogP contribution in [0.15, 0.2) is 18.2 Å². The third-order valence-electron chi connectivity index (χ3n) is 2.78. The SMILES string of the molecule is COc1ccc(C(=O)NCCC(C)C)cc1NC(C)=O. The molecule has 0 spiro atoms. The molecule has 2 amide bonds. The minimum Gasteiger partial charge on any atom is -0.495 e. The highest BCUT2D eigenvalue weighted by Crippen LogP contribution is 2.25. The predicted molar refractivity (Wildman–Crippen MR) is 79.1 cm³/mol. The summed E-state index contributed by atoms with van der Waals surface area (Å²) >= 11 is 0. The minimum absolute atomic E-state index is 0.153. The summed E-state index contributed by atoms with van der Waals surface area (Å²) in [7, 11) is 1.52. The van der Waals surface area contributed by atoms with Crippen molar-refractivity contribution in [2.45, 2.75) is 27.2 Å². The Bertz CT molecular complexity index is 484. The summed E-state index contributed by atoms with van der Waals surface area (Å²) in [5.74, 6) is 0.709. The number of hydrogen-bond donors (Lipinski definition) is 2. The van der Waals surface area contributed by atoms with E-state index in [0.717, 1.165) is 6.42 Å². The van der Waals surface area contributed by atoms with Gasteiger partial charge in [0.2, 0.25) is 5.91 Å². The average molecular weight is 278 g/mol. The van der Waals surface area contributed by atoms with Crippen LogP contribution in [0.5, 0.6) is 5.75 Å². The Hall–Kier alpha value is -2.04. The fourth-order valence-corrected chi connectivity index (χ4v) is 1.71. The number of methoxy groups -OCH3 is 1. The molecule has 20 heavy (non-hydrogen) atoms. The third-order valence-corrected chi connectivity index (χ3v) is 2.78. The molecule has 0 radical (unpaired) electrons. The Balaban J connectivity index is 2.79. The maximum atomic E-state index is 12.0. The topological polar surface area (TPSA) is 67.4 Å². The summed E-state index contributed by atoms with van der Waals surface area (Å²) in [4.78, 5) is 23.1. The summed E-state index contributed by atoms with van der Waals surface area (Å²) in [6, 6.07) is 4.96. The van der Waals surface area contributed by atoms with E-state index in [2.05, 4.69) is 24.5 Å². The van der Waals surface area contributed by atoms with E-state index in [9.17, 15) is 9.59 Å². The van der Waals surface area contributed by atoms with Crippen LogP contribution in [-0.2, 0) is 4.79 Å². The second-order valence-electron chi connectivity index (χ2n) is 5.03. The first-order chi connectivity index (χ1) is 9.43. The van der Waals surface area contributed by atoms with E-state index in [1.165, 1.54) is 14.0 Å². The van der Waals surface area contributed by atoms with E-state index in [1.54, 1.807) is 18.2 Å². The summed E-state index contributed by atoms with van der Waals surface area (Å²) < 4.78 is 5.15. The summed E-state index contributed by atoms with van der Waals surface area (Å²) in [5, 5.41) is 5.51. The molecule has 0 aromatic heterocycles. The van der Waals surface area contributed by atoms with Crippen molar-refractivity contribution in [2.24, 2.45) is 5.92 Å². The van der Waals surface area contributed by atoms with Crippen molar-refractivity contribution in [2.75, 3.05) is 19.0 Å². The van der Waals surface area contributed by atoms with Gasteiger partial charge in [0.05, 0.1) is 12.8 Å². The van der Waals surface area contributed by atoms with Crippen molar-refractivity contribution in [3.05, 3.63) is 23.8 Å². The minimum atomic E-state index is -0.208. The molecule has 0 aliphatic rings. The van der Waals surface area contributed by atoms with Crippen molar-refractivity contribution in [1.82, 2.24) is 5.32 Å². The molecule has 1 aromatic carbocycles. The molecule has 0 atom stereocenters. The predicted octanol–water partition coefficient (Wildman–Crippen LogP) is 2.43. The molecular weight excluding hydrogens is 256 g/mol. The smallest absolute Gasteiger partial charge is 0.251 e. The molecule has 0 saturated carbocycles. The van der Waals surface area contributed by atoms with Gasteiger partial charge in [-0.1, -0.05) is 13.8 Å². The van der Waals surface area contributed by atoms with Crippen molar-refractivity contribution < 1.29 is 14.3 Å². The van der Waals surface area contributed by atoms with E-state index in [-0.39, 0.29) is 11.8 Å². The van der Waals surface area contributed by atoms with Crippen LogP contribution in [0.3, 0.4) is 0 Å². The molecule has 5 nitrogen and oxygen atoms in total. The van der Waals surface area contributed by atoms with Gasteiger partial charge in [0, 0.05) is 19.0 Å². The van der Waals surface area contributed by atoms with E-state index < -0.39 is 0 Å². The quantitative estimate of drug-likeness (QED) is 0.839. The zero-order chi connectivity index (χ0) is 15.1. The third kappa shape index (κ3) is 4.91. The molecule has 110 valence electrons. The van der Waals surface area contributed by atoms with Gasteiger partial charge in [-0.05, 0) is 30.5 Å². The van der Waals surface area contributed by atoms with Crippen LogP contribution in [0.2, 0.25) is 0 Å². The van der Waals surface area contributed by atoms with Crippen LogP contribution in [-0.4, -0.2) is 25.5 Å². The molecular formula is C15H22N2O3. The van der Waals surface area contributed by atoms with E-state index in [1.807, 2.05) is 0 Å². The Labute approximate surface area is 119 Å². The molecule has 0 aliphatic heterocycles. The molecule has 0 heterocycles. The second-order valence-corrected chi connectivity index (χ2v) is 5.03. The standard InChI is InChI=1S/C15H22N2O3/c1-10(2)7-8-16-15(19)12-5-6-14(20-4)13(9-12)17-11(3)18/h5-6,9-10H,7-8H2,1-4H3,(H,16,19)(H,17,18). The number of hydrogen-bond acceptors (Lipinski definition) is 3. The first kappa shape index (κ1) is 16.0. The van der Waals surface area contributed by atoms with E-state index in [0.29, 0.717) is 29.5 Å². The first-order valence-corrected chi connectivity index (χ1v) is 6.68. The van der Waals surface area contributed by atoms with Crippen LogP contribution < -0.4 is 15.4 Å². The van der Waals surface area contributed by atoms with Crippen LogP contribution in [0.25, 0.3) is 0 Å². The van der Waals surface area contributed by atoms with Gasteiger partial charge in [0.15, 0.2) is 0 Å². The maximum absolute atomic E-state index is 12.0. The molecule has 5 heteroatoms. The number of benzene rings is 1. The lowest BCUT2D eigenvalue weighted by Gasteiger charge is -2.11. The van der Waals surface area contributed by atoms with Crippen LogP contribution in [0.1, 0.15) is 37.6 Å². The van der Waals surface area contributed by atoms with Crippen molar-refractivity contribution in [3.8, 4) is 5.75 Å². The molecule has 2 N–H and O–H groups in total. The number of anilines is 1. The maximum Gasteiger partial charge on any atom is 0.251 e. The molecule has 1 aromatic rings. The normalized spacial score (nSPS) is 10.2. The number of amides is 2. The van der Waals surface area contributed by atoms with Gasteiger partial charge in [0.25, 0.3) is 5.91 Å². The lowest BCUT2D eigenvalue weighted by atomic mass is 10.1. The molecule has 0 aliphatic carbocycles. The number of nitrogens with one attached hydrogen (secondary N) is 2. The summed E-state index contributed by atoms with van der Waals surface area (Å²) in [6.45, 7) is 6.26. The van der Waals surface area contributed by atoms with Gasteiger partial charge in [-0.2, -0.15) is 0 Å². The van der Waals surface area contributed by atoms with Gasteiger partial charge >= 0.3 is 0 Å². The lowest BCUT2D eigenvalue weighted by molar-refractivity contribution is -0.114. The highest BCUT2D eigenvalue weighted by atomic mass is 16.5. The molecule has 0 fully saturated rings. The molecule has 0 bridgehead atoms. The highest BCUT2D eigenvalue weighted by Gasteiger charge is 2.11. The van der Waals surface area contributed by atoms with E-state index >= 15 is 0 Å². The van der Waals surface area contributed by atoms with Gasteiger partial charge < -0.3 is 15.4 Å². The molecule has 1 rings (SSSR count). The summed E-state index contributed by atoms with van der Waals surface area (Å²) in [5.41, 5.74) is 0.995. The molecule has 0 unspecified atom stereocenters. The number of rotatable bonds is 6. The fourth-order valence-electron chi connectivity index (χ4n) is 1.71. The number of carbonyl (C=O) groups is 2. The average Bonchev–Trinajstić information content (AvgIpc) is 2.37. The number of carbonyl (C=O) groups excluding carboxylic acids is 2. The monoisotopic (exact) mass is 278 g/mol. The van der Waals surface area contributed by atoms with Gasteiger partial charge in [-0.15, -0.1) is 0 Å². The van der Waals surface area contributed by atoms with Crippen molar-refractivity contribution >= 4 is 17.5 Å². The Morgan fingerprint density at radius 2 is 2.00 bits per heavy atom. The van der Waals surface area contributed by atoms with Crippen molar-refractivity contribution in [1.29, 1.82) is 0 Å². The zero-order valence-corrected chi connectivity index (χ0v) is 12.4. The largest absolute Gasteiger partial charge is 0.495 e.